The van der Waals surface area contributed by atoms with E-state index in [0.29, 0.717) is 5.92 Å². The van der Waals surface area contributed by atoms with E-state index in [1.54, 1.807) is 0 Å². The van der Waals surface area contributed by atoms with Crippen molar-refractivity contribution in [1.29, 1.82) is 0 Å². The molecule has 1 aliphatic heterocycles. The number of rotatable bonds is 6. The lowest BCUT2D eigenvalue weighted by atomic mass is 9.94. The molecule has 0 N–H and O–H groups in total. The molecule has 28 heavy (non-hydrogen) atoms. The zero-order valence-corrected chi connectivity index (χ0v) is 17.0. The molecule has 0 radical (unpaired) electrons. The fourth-order valence-corrected chi connectivity index (χ4v) is 4.28. The van der Waals surface area contributed by atoms with Gasteiger partial charge in [0.05, 0.1) is 6.54 Å². The van der Waals surface area contributed by atoms with Crippen LogP contribution in [0.2, 0.25) is 0 Å². The van der Waals surface area contributed by atoms with Gasteiger partial charge in [0, 0.05) is 49.2 Å². The molecule has 3 aromatic rings. The minimum atomic E-state index is 0.510. The third-order valence-electron chi connectivity index (χ3n) is 5.73. The van der Waals surface area contributed by atoms with Crippen LogP contribution in [0, 0.1) is 6.92 Å². The van der Waals surface area contributed by atoms with Crippen LogP contribution in [-0.2, 0) is 19.5 Å². The molecule has 0 aliphatic carbocycles. The Morgan fingerprint density at radius 1 is 1.14 bits per heavy atom. The summed E-state index contributed by atoms with van der Waals surface area (Å²) >= 11 is 0. The Balaban J connectivity index is 1.45. The summed E-state index contributed by atoms with van der Waals surface area (Å²) in [6.07, 6.45) is 7.34. The van der Waals surface area contributed by atoms with E-state index in [1.807, 2.05) is 6.20 Å². The highest BCUT2D eigenvalue weighted by Crippen LogP contribution is 2.27. The van der Waals surface area contributed by atoms with E-state index in [1.165, 1.54) is 41.2 Å². The average Bonchev–Trinajstić information content (AvgIpc) is 3.15. The van der Waals surface area contributed by atoms with Gasteiger partial charge in [0.15, 0.2) is 0 Å². The fraction of sp³-hybridized carbons (Fsp3) is 0.417. The van der Waals surface area contributed by atoms with Gasteiger partial charge >= 0.3 is 0 Å². The summed E-state index contributed by atoms with van der Waals surface area (Å²) in [7, 11) is 0. The number of likely N-dealkylation sites (tertiary alicyclic amines) is 1. The Bertz CT molecular complexity index is 914. The molecule has 0 spiro atoms. The number of imidazole rings is 1. The molecule has 4 nitrogen and oxygen atoms in total. The number of piperidine rings is 1. The normalized spacial score (nSPS) is 17.7. The molecule has 4 rings (SSSR count). The first-order chi connectivity index (χ1) is 13.7. The van der Waals surface area contributed by atoms with Crippen molar-refractivity contribution in [2.75, 3.05) is 13.1 Å². The molecule has 0 bridgehead atoms. The number of hydrogen-bond acceptors (Lipinski definition) is 3. The van der Waals surface area contributed by atoms with Gasteiger partial charge in [-0.2, -0.15) is 0 Å². The van der Waals surface area contributed by atoms with Crippen molar-refractivity contribution in [1.82, 2.24) is 19.4 Å². The smallest absolute Gasteiger partial charge is 0.122 e. The van der Waals surface area contributed by atoms with E-state index in [4.69, 9.17) is 4.98 Å². The minimum absolute atomic E-state index is 0.510. The molecule has 1 aliphatic rings. The molecule has 0 saturated carbocycles. The van der Waals surface area contributed by atoms with Crippen molar-refractivity contribution in [3.8, 4) is 0 Å². The van der Waals surface area contributed by atoms with E-state index < -0.39 is 0 Å². The van der Waals surface area contributed by atoms with E-state index in [0.717, 1.165) is 32.6 Å². The first kappa shape index (κ1) is 18.9. The summed E-state index contributed by atoms with van der Waals surface area (Å²) in [5.41, 5.74) is 5.05. The number of aryl methyl sites for hydroxylation is 2. The lowest BCUT2D eigenvalue weighted by Crippen LogP contribution is -2.35. The van der Waals surface area contributed by atoms with Gasteiger partial charge in [-0.3, -0.25) is 9.88 Å². The van der Waals surface area contributed by atoms with Gasteiger partial charge in [-0.1, -0.05) is 35.9 Å². The lowest BCUT2D eigenvalue weighted by molar-refractivity contribution is 0.192. The molecule has 3 heterocycles. The first-order valence-electron chi connectivity index (χ1n) is 10.4. The van der Waals surface area contributed by atoms with Gasteiger partial charge in [-0.25, -0.2) is 4.98 Å². The van der Waals surface area contributed by atoms with Crippen LogP contribution in [0.25, 0.3) is 0 Å². The molecule has 4 heteroatoms. The van der Waals surface area contributed by atoms with Crippen LogP contribution in [0.5, 0.6) is 0 Å². The van der Waals surface area contributed by atoms with Crippen LogP contribution in [-0.4, -0.2) is 32.5 Å². The first-order valence-corrected chi connectivity index (χ1v) is 10.4. The third-order valence-corrected chi connectivity index (χ3v) is 5.73. The van der Waals surface area contributed by atoms with Crippen molar-refractivity contribution < 1.29 is 0 Å². The summed E-state index contributed by atoms with van der Waals surface area (Å²) in [5.74, 6) is 1.68. The monoisotopic (exact) mass is 374 g/mol. The van der Waals surface area contributed by atoms with Crippen molar-refractivity contribution in [2.24, 2.45) is 0 Å². The van der Waals surface area contributed by atoms with Crippen LogP contribution in [0.1, 0.15) is 54.0 Å². The van der Waals surface area contributed by atoms with Crippen LogP contribution >= 0.6 is 0 Å². The van der Waals surface area contributed by atoms with Crippen molar-refractivity contribution in [2.45, 2.75) is 52.1 Å². The quantitative estimate of drug-likeness (QED) is 0.633. The Kier molecular flexibility index (Phi) is 5.87. The summed E-state index contributed by atoms with van der Waals surface area (Å²) in [6.45, 7) is 8.45. The van der Waals surface area contributed by atoms with Gasteiger partial charge in [0.2, 0.25) is 0 Å². The molecule has 1 atom stereocenters. The predicted molar refractivity (Wildman–Crippen MR) is 113 cm³/mol. The predicted octanol–water partition coefficient (Wildman–Crippen LogP) is 4.58. The highest BCUT2D eigenvalue weighted by molar-refractivity contribution is 5.27. The highest BCUT2D eigenvalue weighted by Gasteiger charge is 2.23. The zero-order chi connectivity index (χ0) is 19.3. The summed E-state index contributed by atoms with van der Waals surface area (Å²) < 4.78 is 2.24. The Morgan fingerprint density at radius 2 is 2.04 bits per heavy atom. The Morgan fingerprint density at radius 3 is 2.89 bits per heavy atom. The van der Waals surface area contributed by atoms with E-state index in [-0.39, 0.29) is 0 Å². The molecule has 2 aromatic heterocycles. The number of benzene rings is 1. The van der Waals surface area contributed by atoms with Gasteiger partial charge in [-0.15, -0.1) is 0 Å². The van der Waals surface area contributed by atoms with Crippen molar-refractivity contribution in [3.05, 3.63) is 83.2 Å². The molecule has 1 fully saturated rings. The second kappa shape index (κ2) is 8.70. The SMILES string of the molecule is CCn1ccnc1CN1CCC[C@H](c2cccc(Cc3cccc(C)c3)n2)C1. The second-order valence-electron chi connectivity index (χ2n) is 7.92. The molecular formula is C24H30N4. The summed E-state index contributed by atoms with van der Waals surface area (Å²) in [5, 5.41) is 0. The largest absolute Gasteiger partial charge is 0.334 e. The summed E-state index contributed by atoms with van der Waals surface area (Å²) in [4.78, 5) is 12.1. The number of hydrogen-bond donors (Lipinski definition) is 0. The molecule has 0 amide bonds. The topological polar surface area (TPSA) is 34.0 Å². The molecular weight excluding hydrogens is 344 g/mol. The lowest BCUT2D eigenvalue weighted by Gasteiger charge is -2.32. The Labute approximate surface area is 168 Å². The highest BCUT2D eigenvalue weighted by atomic mass is 15.2. The maximum absolute atomic E-state index is 5.04. The fourth-order valence-electron chi connectivity index (χ4n) is 4.28. The van der Waals surface area contributed by atoms with E-state index in [2.05, 4.69) is 77.0 Å². The second-order valence-corrected chi connectivity index (χ2v) is 7.92. The zero-order valence-electron chi connectivity index (χ0n) is 17.0. The van der Waals surface area contributed by atoms with Crippen LogP contribution in [0.3, 0.4) is 0 Å². The Hall–Kier alpha value is -2.46. The maximum Gasteiger partial charge on any atom is 0.122 e. The van der Waals surface area contributed by atoms with Crippen molar-refractivity contribution in [3.63, 3.8) is 0 Å². The van der Waals surface area contributed by atoms with Gasteiger partial charge in [-0.05, 0) is 50.9 Å². The van der Waals surface area contributed by atoms with E-state index >= 15 is 0 Å². The maximum atomic E-state index is 5.04. The molecule has 146 valence electrons. The number of aromatic nitrogens is 3. The molecule has 1 saturated heterocycles. The molecule has 1 aromatic carbocycles. The number of nitrogens with zero attached hydrogens (tertiary/aromatic N) is 4. The standard InChI is InChI=1S/C24H30N4/c1-3-28-14-12-25-24(28)18-27-13-6-9-21(17-27)23-11-5-10-22(26-23)16-20-8-4-7-19(2)15-20/h4-5,7-8,10-12,14-15,21H,3,6,9,13,16-18H2,1-2H3/t21-/m0/s1. The van der Waals surface area contributed by atoms with Crippen LogP contribution in [0.4, 0.5) is 0 Å². The van der Waals surface area contributed by atoms with Gasteiger partial charge < -0.3 is 4.57 Å². The third kappa shape index (κ3) is 4.50. The number of pyridine rings is 1. The summed E-state index contributed by atoms with van der Waals surface area (Å²) in [6, 6.07) is 15.3. The van der Waals surface area contributed by atoms with Crippen LogP contribution < -0.4 is 0 Å². The minimum Gasteiger partial charge on any atom is -0.334 e. The average molecular weight is 375 g/mol. The van der Waals surface area contributed by atoms with Gasteiger partial charge in [0.1, 0.15) is 5.82 Å². The van der Waals surface area contributed by atoms with E-state index in [9.17, 15) is 0 Å². The van der Waals surface area contributed by atoms with Crippen molar-refractivity contribution >= 4 is 0 Å². The molecule has 0 unspecified atom stereocenters. The van der Waals surface area contributed by atoms with Gasteiger partial charge in [0.25, 0.3) is 0 Å². The van der Waals surface area contributed by atoms with Crippen LogP contribution in [0.15, 0.2) is 54.9 Å².